The third-order valence-electron chi connectivity index (χ3n) is 2.73. The van der Waals surface area contributed by atoms with E-state index in [1.165, 1.54) is 13.0 Å². The third-order valence-corrected chi connectivity index (χ3v) is 2.96. The average Bonchev–Trinajstić information content (AvgIpc) is 2.45. The lowest BCUT2D eigenvalue weighted by Crippen LogP contribution is -2.09. The molecule has 0 radical (unpaired) electrons. The standard InChI is InChI=1S/C17H15ClN2O2/c1-12(21)19-15-6-3-7-16(11-15)20-17(22)9-8-13-4-2-5-14(18)10-13/h2-11H,1H3,(H,19,21)(H,20,22)/b9-8+. The van der Waals surface area contributed by atoms with Gasteiger partial charge in [-0.2, -0.15) is 0 Å². The van der Waals surface area contributed by atoms with Crippen molar-refractivity contribution in [1.82, 2.24) is 0 Å². The van der Waals surface area contributed by atoms with Gasteiger partial charge in [0.25, 0.3) is 0 Å². The minimum atomic E-state index is -0.264. The second-order valence-electron chi connectivity index (χ2n) is 4.64. The van der Waals surface area contributed by atoms with Crippen molar-refractivity contribution < 1.29 is 9.59 Å². The van der Waals surface area contributed by atoms with Crippen LogP contribution in [0, 0.1) is 0 Å². The molecule has 5 heteroatoms. The van der Waals surface area contributed by atoms with Gasteiger partial charge in [-0.15, -0.1) is 0 Å². The smallest absolute Gasteiger partial charge is 0.248 e. The van der Waals surface area contributed by atoms with E-state index in [4.69, 9.17) is 11.6 Å². The fourth-order valence-electron chi connectivity index (χ4n) is 1.84. The normalized spacial score (nSPS) is 10.5. The van der Waals surface area contributed by atoms with Crippen molar-refractivity contribution in [2.24, 2.45) is 0 Å². The number of anilines is 2. The van der Waals surface area contributed by atoms with Crippen molar-refractivity contribution in [3.63, 3.8) is 0 Å². The van der Waals surface area contributed by atoms with Crippen LogP contribution in [0.15, 0.2) is 54.6 Å². The molecule has 2 N–H and O–H groups in total. The van der Waals surface area contributed by atoms with Crippen molar-refractivity contribution in [3.05, 3.63) is 65.2 Å². The quantitative estimate of drug-likeness (QED) is 0.839. The van der Waals surface area contributed by atoms with Crippen LogP contribution < -0.4 is 10.6 Å². The number of rotatable bonds is 4. The highest BCUT2D eigenvalue weighted by molar-refractivity contribution is 6.30. The van der Waals surface area contributed by atoms with E-state index in [0.717, 1.165) is 5.56 Å². The molecule has 0 saturated heterocycles. The van der Waals surface area contributed by atoms with Gasteiger partial charge < -0.3 is 10.6 Å². The van der Waals surface area contributed by atoms with Crippen LogP contribution in [0.5, 0.6) is 0 Å². The topological polar surface area (TPSA) is 58.2 Å². The van der Waals surface area contributed by atoms with E-state index >= 15 is 0 Å². The lowest BCUT2D eigenvalue weighted by Gasteiger charge is -2.06. The molecule has 2 aromatic rings. The maximum Gasteiger partial charge on any atom is 0.248 e. The van der Waals surface area contributed by atoms with Crippen molar-refractivity contribution in [3.8, 4) is 0 Å². The minimum Gasteiger partial charge on any atom is -0.326 e. The summed E-state index contributed by atoms with van der Waals surface area (Å²) in [5.74, 6) is -0.427. The van der Waals surface area contributed by atoms with Crippen LogP contribution in [0.2, 0.25) is 5.02 Å². The van der Waals surface area contributed by atoms with Gasteiger partial charge >= 0.3 is 0 Å². The highest BCUT2D eigenvalue weighted by atomic mass is 35.5. The first kappa shape index (κ1) is 15.8. The molecule has 0 saturated carbocycles. The van der Waals surface area contributed by atoms with Crippen LogP contribution in [0.3, 0.4) is 0 Å². The molecule has 0 unspecified atom stereocenters. The molecular weight excluding hydrogens is 300 g/mol. The summed E-state index contributed by atoms with van der Waals surface area (Å²) in [6.07, 6.45) is 3.11. The summed E-state index contributed by atoms with van der Waals surface area (Å²) in [6, 6.07) is 14.1. The Labute approximate surface area is 133 Å². The molecular formula is C17H15ClN2O2. The third kappa shape index (κ3) is 5.07. The Bertz CT molecular complexity index is 726. The molecule has 0 aliphatic carbocycles. The molecule has 0 spiro atoms. The molecule has 0 aliphatic heterocycles. The van der Waals surface area contributed by atoms with E-state index in [-0.39, 0.29) is 11.8 Å². The van der Waals surface area contributed by atoms with Gasteiger partial charge in [0.1, 0.15) is 0 Å². The van der Waals surface area contributed by atoms with Crippen molar-refractivity contribution in [1.29, 1.82) is 0 Å². The van der Waals surface area contributed by atoms with Crippen molar-refractivity contribution >= 4 is 40.9 Å². The first-order valence-corrected chi connectivity index (χ1v) is 7.03. The number of halogens is 1. The molecule has 22 heavy (non-hydrogen) atoms. The molecule has 0 aromatic heterocycles. The fraction of sp³-hybridized carbons (Fsp3) is 0.0588. The predicted molar refractivity (Wildman–Crippen MR) is 89.9 cm³/mol. The van der Waals surface area contributed by atoms with E-state index < -0.39 is 0 Å². The van der Waals surface area contributed by atoms with Gasteiger partial charge in [-0.05, 0) is 42.0 Å². The first-order valence-electron chi connectivity index (χ1n) is 6.65. The van der Waals surface area contributed by atoms with Gasteiger partial charge in [-0.25, -0.2) is 0 Å². The summed E-state index contributed by atoms with van der Waals surface area (Å²) in [6.45, 7) is 1.43. The second-order valence-corrected chi connectivity index (χ2v) is 5.08. The van der Waals surface area contributed by atoms with E-state index in [0.29, 0.717) is 16.4 Å². The summed E-state index contributed by atoms with van der Waals surface area (Å²) in [4.78, 5) is 22.9. The molecule has 2 aromatic carbocycles. The summed E-state index contributed by atoms with van der Waals surface area (Å²) in [7, 11) is 0. The predicted octanol–water partition coefficient (Wildman–Crippen LogP) is 3.95. The monoisotopic (exact) mass is 314 g/mol. The van der Waals surface area contributed by atoms with E-state index in [1.54, 1.807) is 42.5 Å². The Hall–Kier alpha value is -2.59. The number of nitrogens with one attached hydrogen (secondary N) is 2. The van der Waals surface area contributed by atoms with Crippen molar-refractivity contribution in [2.45, 2.75) is 6.92 Å². The number of hydrogen-bond acceptors (Lipinski definition) is 2. The van der Waals surface area contributed by atoms with Crippen LogP contribution >= 0.6 is 11.6 Å². The van der Waals surface area contributed by atoms with Crippen LogP contribution in [0.4, 0.5) is 11.4 Å². The Morgan fingerprint density at radius 2 is 1.68 bits per heavy atom. The van der Waals surface area contributed by atoms with Crippen LogP contribution in [0.1, 0.15) is 12.5 Å². The number of carbonyl (C=O) groups excluding carboxylic acids is 2. The Kier molecular flexibility index (Phi) is 5.33. The van der Waals surface area contributed by atoms with Gasteiger partial charge in [-0.3, -0.25) is 9.59 Å². The molecule has 0 fully saturated rings. The van der Waals surface area contributed by atoms with Gasteiger partial charge in [0.2, 0.25) is 11.8 Å². The molecule has 2 rings (SSSR count). The van der Waals surface area contributed by atoms with Crippen molar-refractivity contribution in [2.75, 3.05) is 10.6 Å². The zero-order chi connectivity index (χ0) is 15.9. The van der Waals surface area contributed by atoms with Gasteiger partial charge in [0.15, 0.2) is 0 Å². The van der Waals surface area contributed by atoms with Crippen LogP contribution in [-0.2, 0) is 9.59 Å². The highest BCUT2D eigenvalue weighted by Gasteiger charge is 2.01. The van der Waals surface area contributed by atoms with Gasteiger partial charge in [0.05, 0.1) is 0 Å². The van der Waals surface area contributed by atoms with E-state index in [1.807, 2.05) is 12.1 Å². The van der Waals surface area contributed by atoms with E-state index in [9.17, 15) is 9.59 Å². The minimum absolute atomic E-state index is 0.163. The highest BCUT2D eigenvalue weighted by Crippen LogP contribution is 2.15. The van der Waals surface area contributed by atoms with Crippen LogP contribution in [0.25, 0.3) is 6.08 Å². The Morgan fingerprint density at radius 3 is 2.36 bits per heavy atom. The summed E-state index contributed by atoms with van der Waals surface area (Å²) < 4.78 is 0. The second kappa shape index (κ2) is 7.43. The summed E-state index contributed by atoms with van der Waals surface area (Å²) >= 11 is 5.88. The zero-order valence-electron chi connectivity index (χ0n) is 12.0. The van der Waals surface area contributed by atoms with Gasteiger partial charge in [-0.1, -0.05) is 29.8 Å². The SMILES string of the molecule is CC(=O)Nc1cccc(NC(=O)/C=C/c2cccc(Cl)c2)c1. The molecule has 112 valence electrons. The Balaban J connectivity index is 2.01. The molecule has 4 nitrogen and oxygen atoms in total. The van der Waals surface area contributed by atoms with Gasteiger partial charge in [0, 0.05) is 29.4 Å². The van der Waals surface area contributed by atoms with Crippen LogP contribution in [-0.4, -0.2) is 11.8 Å². The molecule has 0 atom stereocenters. The maximum atomic E-state index is 11.9. The molecule has 0 heterocycles. The molecule has 2 amide bonds. The average molecular weight is 315 g/mol. The number of benzene rings is 2. The summed E-state index contributed by atoms with van der Waals surface area (Å²) in [5, 5.41) is 6.01. The zero-order valence-corrected chi connectivity index (χ0v) is 12.7. The number of carbonyl (C=O) groups is 2. The first-order chi connectivity index (χ1) is 10.5. The largest absolute Gasteiger partial charge is 0.326 e. The maximum absolute atomic E-state index is 11.9. The van der Waals surface area contributed by atoms with E-state index in [2.05, 4.69) is 10.6 Å². The number of amides is 2. The lowest BCUT2D eigenvalue weighted by atomic mass is 10.2. The Morgan fingerprint density at radius 1 is 1.00 bits per heavy atom. The number of hydrogen-bond donors (Lipinski definition) is 2. The lowest BCUT2D eigenvalue weighted by molar-refractivity contribution is -0.114. The molecule has 0 aliphatic rings. The molecule has 0 bridgehead atoms. The summed E-state index contributed by atoms with van der Waals surface area (Å²) in [5.41, 5.74) is 2.07. The fourth-order valence-corrected chi connectivity index (χ4v) is 2.04.